The van der Waals surface area contributed by atoms with Gasteiger partial charge in [-0.05, 0) is 66.7 Å². The first kappa shape index (κ1) is 25.1. The number of pyridine rings is 1. The van der Waals surface area contributed by atoms with E-state index in [4.69, 9.17) is 0 Å². The van der Waals surface area contributed by atoms with E-state index in [0.29, 0.717) is 10.5 Å². The number of H-pyrrole nitrogens is 1. The molecule has 2 N–H and O–H groups in total. The molecule has 0 aliphatic heterocycles. The van der Waals surface area contributed by atoms with Crippen molar-refractivity contribution in [2.45, 2.75) is 16.2 Å². The number of nitrogens with one attached hydrogen (secondary N) is 2. The first-order valence-electron chi connectivity index (χ1n) is 11.4. The smallest absolute Gasteiger partial charge is 0.406 e. The number of alkyl halides is 3. The summed E-state index contributed by atoms with van der Waals surface area (Å²) in [6, 6.07) is 23.6. The quantitative estimate of drug-likeness (QED) is 0.228. The van der Waals surface area contributed by atoms with Crippen LogP contribution in [0.25, 0.3) is 23.1 Å². The molecule has 0 saturated carbocycles. The second kappa shape index (κ2) is 10.8. The zero-order chi connectivity index (χ0) is 26.5. The zero-order valence-electron chi connectivity index (χ0n) is 19.6. The fourth-order valence-corrected chi connectivity index (χ4v) is 4.67. The van der Waals surface area contributed by atoms with Gasteiger partial charge in [-0.2, -0.15) is 5.10 Å². The number of fused-ring (bicyclic) bond motifs is 1. The first-order valence-corrected chi connectivity index (χ1v) is 12.2. The van der Waals surface area contributed by atoms with Crippen molar-refractivity contribution >= 4 is 46.4 Å². The number of benzene rings is 3. The maximum absolute atomic E-state index is 13.0. The minimum atomic E-state index is -4.82. The Hall–Kier alpha value is -4.57. The van der Waals surface area contributed by atoms with Crippen molar-refractivity contribution in [3.63, 3.8) is 0 Å². The van der Waals surface area contributed by atoms with Crippen molar-refractivity contribution in [2.75, 3.05) is 5.32 Å². The Kier molecular flexibility index (Phi) is 7.14. The van der Waals surface area contributed by atoms with Gasteiger partial charge >= 0.3 is 6.36 Å². The summed E-state index contributed by atoms with van der Waals surface area (Å²) in [6.45, 7) is 0. The van der Waals surface area contributed by atoms with Crippen LogP contribution in [-0.4, -0.2) is 27.5 Å². The highest BCUT2D eigenvalue weighted by atomic mass is 32.2. The fourth-order valence-electron chi connectivity index (χ4n) is 3.69. The largest absolute Gasteiger partial charge is 0.573 e. The second-order valence-corrected chi connectivity index (χ2v) is 9.15. The summed E-state index contributed by atoms with van der Waals surface area (Å²) < 4.78 is 41.6. The van der Waals surface area contributed by atoms with Crippen molar-refractivity contribution < 1.29 is 22.7 Å². The molecule has 2 heterocycles. The van der Waals surface area contributed by atoms with Gasteiger partial charge in [-0.1, -0.05) is 36.0 Å². The van der Waals surface area contributed by atoms with Crippen molar-refractivity contribution in [1.82, 2.24) is 15.2 Å². The van der Waals surface area contributed by atoms with Gasteiger partial charge in [0.2, 0.25) is 0 Å². The maximum Gasteiger partial charge on any atom is 0.573 e. The summed E-state index contributed by atoms with van der Waals surface area (Å²) in [4.78, 5) is 18.8. The number of hydrogen-bond acceptors (Lipinski definition) is 5. The van der Waals surface area contributed by atoms with Crippen molar-refractivity contribution in [3.8, 4) is 5.75 Å². The minimum Gasteiger partial charge on any atom is -0.406 e. The van der Waals surface area contributed by atoms with E-state index in [-0.39, 0.29) is 5.69 Å². The Balaban J connectivity index is 1.33. The molecule has 0 aliphatic rings. The topological polar surface area (TPSA) is 79.9 Å². The second-order valence-electron chi connectivity index (χ2n) is 8.03. The Bertz CT molecular complexity index is 1620. The Morgan fingerprint density at radius 1 is 0.947 bits per heavy atom. The van der Waals surface area contributed by atoms with Crippen LogP contribution in [0.4, 0.5) is 18.9 Å². The van der Waals surface area contributed by atoms with Gasteiger partial charge in [0.1, 0.15) is 5.75 Å². The molecule has 0 atom stereocenters. The van der Waals surface area contributed by atoms with Crippen LogP contribution in [0, 0.1) is 0 Å². The number of anilines is 1. The van der Waals surface area contributed by atoms with Crippen LogP contribution in [0.1, 0.15) is 21.7 Å². The lowest BCUT2D eigenvalue weighted by Gasteiger charge is -2.12. The molecule has 0 unspecified atom stereocenters. The van der Waals surface area contributed by atoms with E-state index in [2.05, 4.69) is 25.2 Å². The molecule has 38 heavy (non-hydrogen) atoms. The summed E-state index contributed by atoms with van der Waals surface area (Å²) in [5.74, 6) is -0.873. The van der Waals surface area contributed by atoms with E-state index >= 15 is 0 Å². The molecule has 0 aliphatic carbocycles. The van der Waals surface area contributed by atoms with Gasteiger partial charge in [0, 0.05) is 33.1 Å². The number of aromatic nitrogens is 3. The van der Waals surface area contributed by atoms with Gasteiger partial charge in [-0.15, -0.1) is 13.2 Å². The number of carbonyl (C=O) groups excluding carboxylic acids is 1. The van der Waals surface area contributed by atoms with E-state index in [1.54, 1.807) is 24.4 Å². The van der Waals surface area contributed by atoms with E-state index in [0.717, 1.165) is 39.3 Å². The molecule has 0 fully saturated rings. The van der Waals surface area contributed by atoms with Gasteiger partial charge in [-0.25, -0.2) is 0 Å². The Morgan fingerprint density at radius 2 is 1.79 bits per heavy atom. The third kappa shape index (κ3) is 6.22. The van der Waals surface area contributed by atoms with Crippen LogP contribution in [0.2, 0.25) is 0 Å². The maximum atomic E-state index is 13.0. The lowest BCUT2D eigenvalue weighted by atomic mass is 10.2. The number of nitrogens with zero attached hydrogens (tertiary/aromatic N) is 2. The highest BCUT2D eigenvalue weighted by Gasteiger charge is 2.31. The molecule has 0 radical (unpaired) electrons. The number of carbonyl (C=O) groups is 1. The Morgan fingerprint density at radius 3 is 2.61 bits per heavy atom. The van der Waals surface area contributed by atoms with Gasteiger partial charge in [0.05, 0.1) is 22.5 Å². The number of ether oxygens (including phenoxy) is 1. The first-order chi connectivity index (χ1) is 18.3. The molecule has 5 aromatic rings. The Labute approximate surface area is 219 Å². The molecule has 6 nitrogen and oxygen atoms in total. The van der Waals surface area contributed by atoms with Crippen LogP contribution >= 0.6 is 11.8 Å². The molecule has 0 bridgehead atoms. The lowest BCUT2D eigenvalue weighted by Crippen LogP contribution is -2.17. The van der Waals surface area contributed by atoms with E-state index in [1.165, 1.54) is 23.9 Å². The van der Waals surface area contributed by atoms with Crippen molar-refractivity contribution in [1.29, 1.82) is 0 Å². The molecule has 1 amide bonds. The average molecular weight is 533 g/mol. The van der Waals surface area contributed by atoms with Crippen LogP contribution < -0.4 is 10.1 Å². The number of amides is 1. The zero-order valence-corrected chi connectivity index (χ0v) is 20.4. The molecule has 190 valence electrons. The summed E-state index contributed by atoms with van der Waals surface area (Å²) in [7, 11) is 0. The molecular weight excluding hydrogens is 513 g/mol. The SMILES string of the molecule is O=C(Nc1cccc(OC(F)(F)F)c1)c1ccccc1Sc1ccc2c(/C=C/c3ccccn3)n[nH]c2c1. The third-order valence-corrected chi connectivity index (χ3v) is 6.41. The molecule has 5 rings (SSSR count). The van der Waals surface area contributed by atoms with Gasteiger partial charge in [0.25, 0.3) is 5.91 Å². The number of hydrogen-bond donors (Lipinski definition) is 2. The van der Waals surface area contributed by atoms with Crippen LogP contribution in [0.5, 0.6) is 5.75 Å². The van der Waals surface area contributed by atoms with Crippen LogP contribution in [0.3, 0.4) is 0 Å². The molecule has 10 heteroatoms. The number of aromatic amines is 1. The summed E-state index contributed by atoms with van der Waals surface area (Å²) in [6.07, 6.45) is 0.682. The van der Waals surface area contributed by atoms with Crippen molar-refractivity contribution in [2.24, 2.45) is 0 Å². The van der Waals surface area contributed by atoms with Gasteiger partial charge in [-0.3, -0.25) is 14.9 Å². The molecular formula is C28H19F3N4O2S. The standard InChI is InChI=1S/C28H19F3N4O2S/c29-28(30,31)37-20-8-5-7-19(16-20)33-27(36)23-9-1-2-10-26(23)38-21-12-13-22-24(34-35-25(22)17-21)14-11-18-6-3-4-15-32-18/h1-17H,(H,33,36)(H,34,35)/b14-11+. The normalized spacial score (nSPS) is 11.7. The monoisotopic (exact) mass is 532 g/mol. The highest BCUT2D eigenvalue weighted by Crippen LogP contribution is 2.33. The number of rotatable bonds is 7. The minimum absolute atomic E-state index is 0.182. The number of halogens is 3. The molecule has 3 aromatic carbocycles. The summed E-state index contributed by atoms with van der Waals surface area (Å²) in [5.41, 5.74) is 2.99. The fraction of sp³-hybridized carbons (Fsp3) is 0.0357. The predicted molar refractivity (Wildman–Crippen MR) is 141 cm³/mol. The van der Waals surface area contributed by atoms with E-state index < -0.39 is 18.0 Å². The molecule has 0 saturated heterocycles. The van der Waals surface area contributed by atoms with Crippen molar-refractivity contribution in [3.05, 3.63) is 108 Å². The predicted octanol–water partition coefficient (Wildman–Crippen LogP) is 7.43. The van der Waals surface area contributed by atoms with Crippen LogP contribution in [-0.2, 0) is 0 Å². The summed E-state index contributed by atoms with van der Waals surface area (Å²) >= 11 is 1.39. The van der Waals surface area contributed by atoms with E-state index in [9.17, 15) is 18.0 Å². The summed E-state index contributed by atoms with van der Waals surface area (Å²) in [5, 5.41) is 11.0. The highest BCUT2D eigenvalue weighted by molar-refractivity contribution is 7.99. The van der Waals surface area contributed by atoms with Gasteiger partial charge in [0.15, 0.2) is 0 Å². The van der Waals surface area contributed by atoms with E-state index in [1.807, 2.05) is 54.6 Å². The third-order valence-electron chi connectivity index (χ3n) is 5.35. The average Bonchev–Trinajstić information content (AvgIpc) is 3.30. The van der Waals surface area contributed by atoms with Gasteiger partial charge < -0.3 is 10.1 Å². The lowest BCUT2D eigenvalue weighted by molar-refractivity contribution is -0.274. The van der Waals surface area contributed by atoms with Crippen LogP contribution in [0.15, 0.2) is 101 Å². The molecule has 0 spiro atoms. The molecule has 2 aromatic heterocycles.